The van der Waals surface area contributed by atoms with Crippen molar-refractivity contribution in [1.29, 1.82) is 0 Å². The van der Waals surface area contributed by atoms with Crippen LogP contribution < -0.4 is 10.8 Å². The molecule has 2 rings (SSSR count). The normalized spacial score (nSPS) is 20.9. The van der Waals surface area contributed by atoms with E-state index in [2.05, 4.69) is 10.8 Å². The van der Waals surface area contributed by atoms with Crippen molar-refractivity contribution in [1.82, 2.24) is 5.32 Å². The highest BCUT2D eigenvalue weighted by Gasteiger charge is 2.30. The molecule has 112 valence electrons. The minimum absolute atomic E-state index is 0.0490. The Morgan fingerprint density at radius 3 is 2.85 bits per heavy atom. The lowest BCUT2D eigenvalue weighted by Gasteiger charge is -2.23. The molecule has 6 heteroatoms. The summed E-state index contributed by atoms with van der Waals surface area (Å²) >= 11 is 0. The first-order valence-electron chi connectivity index (χ1n) is 6.83. The topological polar surface area (TPSA) is 33.3 Å². The van der Waals surface area contributed by atoms with Crippen molar-refractivity contribution < 1.29 is 18.0 Å². The second kappa shape index (κ2) is 6.45. The summed E-state index contributed by atoms with van der Waals surface area (Å²) < 4.78 is 37.8. The Kier molecular flexibility index (Phi) is 4.88. The second-order valence-electron chi connectivity index (χ2n) is 4.95. The van der Waals surface area contributed by atoms with E-state index in [4.69, 9.17) is 4.84 Å². The first kappa shape index (κ1) is 15.1. The van der Waals surface area contributed by atoms with Gasteiger partial charge in [0, 0.05) is 6.04 Å². The quantitative estimate of drug-likeness (QED) is 0.813. The molecule has 1 saturated heterocycles. The molecule has 1 fully saturated rings. The lowest BCUT2D eigenvalue weighted by atomic mass is 10.1. The average molecular weight is 288 g/mol. The summed E-state index contributed by atoms with van der Waals surface area (Å²) in [4.78, 5) is 5.55. The summed E-state index contributed by atoms with van der Waals surface area (Å²) in [6.07, 6.45) is -1.46. The molecule has 0 aromatic heterocycles. The maximum Gasteiger partial charge on any atom is 0.416 e. The third kappa shape index (κ3) is 3.86. The van der Waals surface area contributed by atoms with E-state index in [-0.39, 0.29) is 12.1 Å². The van der Waals surface area contributed by atoms with Crippen LogP contribution in [0, 0.1) is 0 Å². The molecule has 0 radical (unpaired) electrons. The summed E-state index contributed by atoms with van der Waals surface area (Å²) in [6, 6.07) is 5.28. The summed E-state index contributed by atoms with van der Waals surface area (Å²) in [5.74, 6) is 0. The number of benzene rings is 1. The van der Waals surface area contributed by atoms with E-state index in [0.29, 0.717) is 5.69 Å². The van der Waals surface area contributed by atoms with Crippen LogP contribution in [-0.2, 0) is 11.0 Å². The van der Waals surface area contributed by atoms with Gasteiger partial charge in [0.25, 0.3) is 0 Å². The molecule has 3 nitrogen and oxygen atoms in total. The highest BCUT2D eigenvalue weighted by atomic mass is 19.4. The zero-order valence-corrected chi connectivity index (χ0v) is 11.3. The van der Waals surface area contributed by atoms with Crippen molar-refractivity contribution in [3.8, 4) is 0 Å². The summed E-state index contributed by atoms with van der Waals surface area (Å²) in [5.41, 5.74) is 2.28. The third-order valence-corrected chi connectivity index (χ3v) is 3.47. The Balaban J connectivity index is 1.95. The Hall–Kier alpha value is -1.27. The first-order chi connectivity index (χ1) is 9.50. The van der Waals surface area contributed by atoms with Gasteiger partial charge in [0.15, 0.2) is 0 Å². The van der Waals surface area contributed by atoms with Crippen LogP contribution in [0.1, 0.15) is 31.7 Å². The van der Waals surface area contributed by atoms with Crippen LogP contribution >= 0.6 is 0 Å². The summed E-state index contributed by atoms with van der Waals surface area (Å²) in [5, 5.41) is 3.33. The van der Waals surface area contributed by atoms with Crippen LogP contribution in [0.25, 0.3) is 0 Å². The number of hydrogen-bond donors (Lipinski definition) is 2. The molecular weight excluding hydrogens is 269 g/mol. The SMILES string of the molecule is CCC(ONc1cccc(C(F)(F)F)c1)C1CCCN1. The maximum atomic E-state index is 12.6. The van der Waals surface area contributed by atoms with Crippen LogP contribution in [-0.4, -0.2) is 18.7 Å². The van der Waals surface area contributed by atoms with E-state index >= 15 is 0 Å². The Morgan fingerprint density at radius 2 is 2.25 bits per heavy atom. The maximum absolute atomic E-state index is 12.6. The van der Waals surface area contributed by atoms with Crippen LogP contribution in [0.5, 0.6) is 0 Å². The van der Waals surface area contributed by atoms with Gasteiger partial charge < -0.3 is 5.32 Å². The van der Waals surface area contributed by atoms with Gasteiger partial charge in [-0.1, -0.05) is 13.0 Å². The highest BCUT2D eigenvalue weighted by Crippen LogP contribution is 2.30. The number of halogens is 3. The first-order valence-corrected chi connectivity index (χ1v) is 6.83. The molecule has 1 aliphatic heterocycles. The fraction of sp³-hybridized carbons (Fsp3) is 0.571. The molecule has 2 N–H and O–H groups in total. The molecule has 20 heavy (non-hydrogen) atoms. The lowest BCUT2D eigenvalue weighted by molar-refractivity contribution is -0.137. The Bertz CT molecular complexity index is 431. The number of rotatable bonds is 5. The fourth-order valence-corrected chi connectivity index (χ4v) is 2.38. The number of hydrogen-bond acceptors (Lipinski definition) is 3. The largest absolute Gasteiger partial charge is 0.416 e. The molecule has 2 unspecified atom stereocenters. The summed E-state index contributed by atoms with van der Waals surface area (Å²) in [6.45, 7) is 2.96. The van der Waals surface area contributed by atoms with Crippen molar-refractivity contribution in [2.75, 3.05) is 12.0 Å². The standard InChI is InChI=1S/C14H19F3N2O/c1-2-13(12-7-4-8-18-12)20-19-11-6-3-5-10(9-11)14(15,16)17/h3,5-6,9,12-13,18-19H,2,4,7-8H2,1H3. The second-order valence-corrected chi connectivity index (χ2v) is 4.95. The molecular formula is C14H19F3N2O. The van der Waals surface area contributed by atoms with Gasteiger partial charge in [0.2, 0.25) is 0 Å². The Labute approximate surface area is 116 Å². The van der Waals surface area contributed by atoms with Gasteiger partial charge in [0.1, 0.15) is 6.10 Å². The van der Waals surface area contributed by atoms with Crippen molar-refractivity contribution in [2.45, 2.75) is 44.5 Å². The van der Waals surface area contributed by atoms with Gasteiger partial charge in [-0.15, -0.1) is 0 Å². The molecule has 0 aliphatic carbocycles. The number of anilines is 1. The molecule has 1 aromatic rings. The number of alkyl halides is 3. The van der Waals surface area contributed by atoms with E-state index in [1.165, 1.54) is 6.07 Å². The third-order valence-electron chi connectivity index (χ3n) is 3.47. The van der Waals surface area contributed by atoms with Gasteiger partial charge in [-0.25, -0.2) is 0 Å². The summed E-state index contributed by atoms with van der Waals surface area (Å²) in [7, 11) is 0. The number of nitrogens with one attached hydrogen (secondary N) is 2. The molecule has 1 aromatic carbocycles. The van der Waals surface area contributed by atoms with Gasteiger partial charge in [-0.2, -0.15) is 13.2 Å². The van der Waals surface area contributed by atoms with Crippen LogP contribution in [0.3, 0.4) is 0 Å². The van der Waals surface area contributed by atoms with Crippen LogP contribution in [0.15, 0.2) is 24.3 Å². The van der Waals surface area contributed by atoms with Crippen molar-refractivity contribution in [3.63, 3.8) is 0 Å². The predicted octanol–water partition coefficient (Wildman–Crippen LogP) is 3.58. The fourth-order valence-electron chi connectivity index (χ4n) is 2.38. The molecule has 1 heterocycles. The highest BCUT2D eigenvalue weighted by molar-refractivity contribution is 5.44. The minimum Gasteiger partial charge on any atom is -0.311 e. The molecule has 0 bridgehead atoms. The van der Waals surface area contributed by atoms with E-state index in [9.17, 15) is 13.2 Å². The zero-order chi connectivity index (χ0) is 14.6. The van der Waals surface area contributed by atoms with E-state index in [1.54, 1.807) is 6.07 Å². The zero-order valence-electron chi connectivity index (χ0n) is 11.3. The van der Waals surface area contributed by atoms with E-state index in [0.717, 1.165) is 37.9 Å². The van der Waals surface area contributed by atoms with Gasteiger partial charge in [0.05, 0.1) is 11.3 Å². The van der Waals surface area contributed by atoms with Crippen LogP contribution in [0.2, 0.25) is 0 Å². The van der Waals surface area contributed by atoms with E-state index in [1.807, 2.05) is 6.92 Å². The van der Waals surface area contributed by atoms with Gasteiger partial charge in [-0.05, 0) is 44.0 Å². The molecule has 0 amide bonds. The van der Waals surface area contributed by atoms with Gasteiger partial charge >= 0.3 is 6.18 Å². The van der Waals surface area contributed by atoms with Crippen LogP contribution in [0.4, 0.5) is 18.9 Å². The van der Waals surface area contributed by atoms with Crippen molar-refractivity contribution in [3.05, 3.63) is 29.8 Å². The monoisotopic (exact) mass is 288 g/mol. The van der Waals surface area contributed by atoms with Gasteiger partial charge in [-0.3, -0.25) is 10.3 Å². The van der Waals surface area contributed by atoms with Crippen molar-refractivity contribution in [2.24, 2.45) is 0 Å². The smallest absolute Gasteiger partial charge is 0.311 e. The van der Waals surface area contributed by atoms with Crippen molar-refractivity contribution >= 4 is 5.69 Å². The Morgan fingerprint density at radius 1 is 1.45 bits per heavy atom. The molecule has 0 spiro atoms. The lowest BCUT2D eigenvalue weighted by Crippen LogP contribution is -2.37. The predicted molar refractivity (Wildman–Crippen MR) is 71.3 cm³/mol. The molecule has 2 atom stereocenters. The van der Waals surface area contributed by atoms with E-state index < -0.39 is 11.7 Å². The molecule has 1 aliphatic rings. The minimum atomic E-state index is -4.34. The molecule has 0 saturated carbocycles. The average Bonchev–Trinajstić information content (AvgIpc) is 2.93.